The fourth-order valence-corrected chi connectivity index (χ4v) is 11.3. The molecule has 5 atom stereocenters. The van der Waals surface area contributed by atoms with Gasteiger partial charge >= 0.3 is 33.6 Å². The van der Waals surface area contributed by atoms with Crippen LogP contribution in [0.15, 0.2) is 134 Å². The van der Waals surface area contributed by atoms with Crippen molar-refractivity contribution in [3.8, 4) is 0 Å². The Kier molecular flexibility index (Phi) is 68.3. The van der Waals surface area contributed by atoms with Crippen molar-refractivity contribution >= 4 is 33.6 Å². The molecule has 97 heavy (non-hydrogen) atoms. The number of esters is 3. The van der Waals surface area contributed by atoms with Gasteiger partial charge in [-0.2, -0.15) is 0 Å². The van der Waals surface area contributed by atoms with Gasteiger partial charge in [0.1, 0.15) is 25.4 Å². The van der Waals surface area contributed by atoms with Crippen LogP contribution in [0.4, 0.5) is 0 Å². The zero-order chi connectivity index (χ0) is 70.9. The van der Waals surface area contributed by atoms with Crippen molar-refractivity contribution in [2.45, 2.75) is 309 Å². The van der Waals surface area contributed by atoms with Crippen LogP contribution in [-0.2, 0) is 55.8 Å². The third kappa shape index (κ3) is 72.8. The smallest absolute Gasteiger partial charge is 0.463 e. The minimum absolute atomic E-state index is 0.0803. The summed E-state index contributed by atoms with van der Waals surface area (Å²) in [5, 5.41) is 20.6. The number of hydrogen-bond acceptors (Lipinski definition) is 14. The number of carbonyl (C=O) groups excluding carboxylic acids is 3. The van der Waals surface area contributed by atoms with E-state index in [1.807, 2.05) is 12.2 Å². The van der Waals surface area contributed by atoms with Gasteiger partial charge in [-0.15, -0.1) is 0 Å². The van der Waals surface area contributed by atoms with Crippen molar-refractivity contribution in [1.29, 1.82) is 0 Å². The molecule has 0 saturated heterocycles. The molecule has 16 nitrogen and oxygen atoms in total. The minimum Gasteiger partial charge on any atom is -0.463 e. The zero-order valence-corrected chi connectivity index (χ0v) is 62.2. The monoisotopic (exact) mass is 1400 g/mol. The molecule has 0 saturated carbocycles. The molecule has 0 fully saturated rings. The number of phosphoric ester groups is 2. The zero-order valence-electron chi connectivity index (χ0n) is 60.5. The molecule has 0 aromatic heterocycles. The molecule has 0 aromatic rings. The minimum atomic E-state index is -4.94. The fraction of sp³-hybridized carbons (Fsp3) is 0.684. The normalized spacial score (nSPS) is 14.8. The first kappa shape index (κ1) is 92.7. The molecule has 0 aliphatic rings. The molecule has 0 amide bonds. The highest BCUT2D eigenvalue weighted by atomic mass is 31.2. The molecule has 0 aliphatic heterocycles. The molecule has 0 aliphatic carbocycles. The van der Waals surface area contributed by atoms with Crippen LogP contribution in [0, 0.1) is 0 Å². The van der Waals surface area contributed by atoms with Gasteiger partial charge in [0.15, 0.2) is 6.10 Å². The molecule has 0 heterocycles. The highest BCUT2D eigenvalue weighted by Gasteiger charge is 2.29. The summed E-state index contributed by atoms with van der Waals surface area (Å²) in [7, 11) is -9.80. The molecule has 18 heteroatoms. The lowest BCUT2D eigenvalue weighted by Gasteiger charge is -2.21. The lowest BCUT2D eigenvalue weighted by atomic mass is 10.0. The molecule has 556 valence electrons. The predicted octanol–water partition coefficient (Wildman–Crippen LogP) is 21.5. The van der Waals surface area contributed by atoms with Crippen molar-refractivity contribution in [3.63, 3.8) is 0 Å². The Bertz CT molecular complexity index is 2300. The topological polar surface area (TPSA) is 231 Å². The second kappa shape index (κ2) is 71.5. The first-order chi connectivity index (χ1) is 47.2. The van der Waals surface area contributed by atoms with Gasteiger partial charge in [0.05, 0.1) is 26.4 Å². The lowest BCUT2D eigenvalue weighted by molar-refractivity contribution is -0.161. The first-order valence-corrected chi connectivity index (χ1v) is 40.5. The van der Waals surface area contributed by atoms with Gasteiger partial charge in [0.2, 0.25) is 0 Å². The van der Waals surface area contributed by atoms with Crippen LogP contribution in [0.2, 0.25) is 0 Å². The van der Waals surface area contributed by atoms with E-state index in [2.05, 4.69) is 142 Å². The molecule has 0 rings (SSSR count). The lowest BCUT2D eigenvalue weighted by Crippen LogP contribution is -2.30. The fourth-order valence-electron chi connectivity index (χ4n) is 9.69. The third-order valence-electron chi connectivity index (χ3n) is 15.3. The van der Waals surface area contributed by atoms with Crippen molar-refractivity contribution in [3.05, 3.63) is 134 Å². The summed E-state index contributed by atoms with van der Waals surface area (Å²) in [5.74, 6) is -1.65. The van der Waals surface area contributed by atoms with Crippen molar-refractivity contribution < 1.29 is 75.8 Å². The number of aliphatic hydroxyl groups excluding tert-OH is 2. The highest BCUT2D eigenvalue weighted by molar-refractivity contribution is 7.47. The molecule has 0 bridgehead atoms. The Balaban J connectivity index is 4.54. The maximum atomic E-state index is 12.9. The Morgan fingerprint density at radius 3 is 0.918 bits per heavy atom. The van der Waals surface area contributed by atoms with Crippen molar-refractivity contribution in [2.75, 3.05) is 39.6 Å². The number of carbonyl (C=O) groups is 3. The SMILES string of the molecule is CC/C=C\C/C=C\C/C=C\C/C=C\C/C=C\CCCCCCCCCCCCCCCC(=O)OCC(O)COP(=O)(O)OCC(O)COP(=O)(O)OCC(COC(=O)CCC/C=C\C/C=C\C/C=C\C/C=C\C/C=C\CC)OC(=O)CCCCCCC/C=C\CCCCCCCC. The quantitative estimate of drug-likeness (QED) is 0.0146. The number of hydrogen-bond donors (Lipinski definition) is 4. The van der Waals surface area contributed by atoms with Crippen molar-refractivity contribution in [2.24, 2.45) is 0 Å². The molecular formula is C79H134O16P2. The van der Waals surface area contributed by atoms with E-state index in [0.29, 0.717) is 25.7 Å². The molecule has 0 spiro atoms. The van der Waals surface area contributed by atoms with Gasteiger partial charge < -0.3 is 34.2 Å². The molecular weight excluding hydrogens is 1270 g/mol. The average Bonchev–Trinajstić information content (AvgIpc) is 1.48. The van der Waals surface area contributed by atoms with E-state index < -0.39 is 91.5 Å². The van der Waals surface area contributed by atoms with E-state index in [0.717, 1.165) is 128 Å². The van der Waals surface area contributed by atoms with E-state index in [-0.39, 0.29) is 19.3 Å². The van der Waals surface area contributed by atoms with Crippen LogP contribution in [0.3, 0.4) is 0 Å². The second-order valence-electron chi connectivity index (χ2n) is 24.7. The number of allylic oxidation sites excluding steroid dienone is 22. The Morgan fingerprint density at radius 1 is 0.299 bits per heavy atom. The van der Waals surface area contributed by atoms with Crippen molar-refractivity contribution in [1.82, 2.24) is 0 Å². The highest BCUT2D eigenvalue weighted by Crippen LogP contribution is 2.45. The number of ether oxygens (including phenoxy) is 3. The van der Waals surface area contributed by atoms with Gasteiger partial charge in [-0.05, 0) is 128 Å². The number of phosphoric acid groups is 2. The Hall–Kier alpha value is -4.31. The second-order valence-corrected chi connectivity index (χ2v) is 27.6. The number of aliphatic hydroxyl groups is 2. The van der Waals surface area contributed by atoms with Gasteiger partial charge in [-0.25, -0.2) is 9.13 Å². The Labute approximate surface area is 588 Å². The maximum Gasteiger partial charge on any atom is 0.472 e. The predicted molar refractivity (Wildman–Crippen MR) is 399 cm³/mol. The van der Waals surface area contributed by atoms with Crippen LogP contribution in [0.1, 0.15) is 290 Å². The molecule has 0 radical (unpaired) electrons. The number of unbranched alkanes of at least 4 members (excludes halogenated alkanes) is 25. The Morgan fingerprint density at radius 2 is 0.557 bits per heavy atom. The number of rotatable bonds is 70. The maximum absolute atomic E-state index is 12.9. The first-order valence-electron chi connectivity index (χ1n) is 37.5. The summed E-state index contributed by atoms with van der Waals surface area (Å²) in [5.41, 5.74) is 0. The van der Waals surface area contributed by atoms with Crippen LogP contribution in [0.25, 0.3) is 0 Å². The van der Waals surface area contributed by atoms with E-state index in [9.17, 15) is 43.5 Å². The summed E-state index contributed by atoms with van der Waals surface area (Å²) in [4.78, 5) is 58.5. The standard InChI is InChI=1S/C79H134O16P2/c1-4-7-10-13-16-19-22-25-28-30-31-32-33-34-35-36-37-38-39-40-41-43-46-47-50-53-56-59-62-65-77(82)89-68-74(80)69-91-96(85,86)92-70-75(81)71-93-97(87,88)94-73-76(95-79(84)67-64-61-58-55-52-49-44-27-24-21-18-15-12-9-6-3)72-90-78(83)66-63-60-57-54-51-48-45-42-29-26-23-20-17-14-11-8-5-2/h7-8,10-11,16-17,19-20,25-29,31-32,34-35,44-45,48,54,57,74-76,80-81H,4-6,9,12-15,18,21-24,30,33,36-43,46-47,49-53,55-56,58-73H2,1-3H3,(H,85,86)(H,87,88)/b10-7-,11-8-,19-16-,20-17-,28-25-,29-26-,32-31-,35-34-,44-27-,48-45-,57-54-. The molecule has 4 N–H and O–H groups in total. The van der Waals surface area contributed by atoms with Gasteiger partial charge in [0, 0.05) is 19.3 Å². The van der Waals surface area contributed by atoms with Gasteiger partial charge in [-0.3, -0.25) is 32.5 Å². The largest absolute Gasteiger partial charge is 0.472 e. The summed E-state index contributed by atoms with van der Waals surface area (Å²) >= 11 is 0. The molecule has 5 unspecified atom stereocenters. The average molecular weight is 1400 g/mol. The van der Waals surface area contributed by atoms with E-state index >= 15 is 0 Å². The third-order valence-corrected chi connectivity index (χ3v) is 17.2. The van der Waals surface area contributed by atoms with E-state index in [4.69, 9.17) is 32.3 Å². The summed E-state index contributed by atoms with van der Waals surface area (Å²) in [6, 6.07) is 0. The van der Waals surface area contributed by atoms with Gasteiger partial charge in [-0.1, -0.05) is 276 Å². The van der Waals surface area contributed by atoms with Crippen LogP contribution in [-0.4, -0.2) is 95.9 Å². The summed E-state index contributed by atoms with van der Waals surface area (Å²) < 4.78 is 60.9. The van der Waals surface area contributed by atoms with Crippen LogP contribution >= 0.6 is 15.6 Å². The summed E-state index contributed by atoms with van der Waals surface area (Å²) in [6.07, 6.45) is 85.2. The van der Waals surface area contributed by atoms with E-state index in [1.54, 1.807) is 0 Å². The van der Waals surface area contributed by atoms with Gasteiger partial charge in [0.25, 0.3) is 0 Å². The molecule has 0 aromatic carbocycles. The summed E-state index contributed by atoms with van der Waals surface area (Å²) in [6.45, 7) is 2.37. The van der Waals surface area contributed by atoms with Crippen LogP contribution in [0.5, 0.6) is 0 Å². The van der Waals surface area contributed by atoms with Crippen LogP contribution < -0.4 is 0 Å². The van der Waals surface area contributed by atoms with E-state index in [1.165, 1.54) is 96.3 Å².